The van der Waals surface area contributed by atoms with Crippen LogP contribution in [0.2, 0.25) is 0 Å². The molecule has 3 rings (SSSR count). The van der Waals surface area contributed by atoms with Crippen LogP contribution in [0.3, 0.4) is 0 Å². The number of likely N-dealkylation sites (tertiary alicyclic amines) is 1. The molecule has 28 heavy (non-hydrogen) atoms. The summed E-state index contributed by atoms with van der Waals surface area (Å²) in [6.45, 7) is 4.63. The first-order valence-corrected chi connectivity index (χ1v) is 11.0. The van der Waals surface area contributed by atoms with Gasteiger partial charge in [-0.3, -0.25) is 9.59 Å². The average molecular weight is 401 g/mol. The van der Waals surface area contributed by atoms with Crippen LogP contribution in [0.4, 0.5) is 5.69 Å². The zero-order valence-corrected chi connectivity index (χ0v) is 17.0. The summed E-state index contributed by atoms with van der Waals surface area (Å²) in [4.78, 5) is 26.8. The zero-order chi connectivity index (χ0) is 20.5. The molecule has 1 aliphatic rings. The van der Waals surface area contributed by atoms with E-state index in [1.54, 1.807) is 17.9 Å². The minimum atomic E-state index is -3.37. The molecule has 2 aromatic carbocycles. The lowest BCUT2D eigenvalue weighted by molar-refractivity contribution is -0.128. The van der Waals surface area contributed by atoms with E-state index in [1.807, 2.05) is 31.2 Å². The van der Waals surface area contributed by atoms with Crippen molar-refractivity contribution in [1.29, 1.82) is 0 Å². The largest absolute Gasteiger partial charge is 0.338 e. The van der Waals surface area contributed by atoms with Crippen LogP contribution in [0.25, 0.3) is 0 Å². The highest BCUT2D eigenvalue weighted by Gasteiger charge is 2.34. The molecule has 0 saturated carbocycles. The van der Waals surface area contributed by atoms with Gasteiger partial charge in [-0.05, 0) is 37.1 Å². The highest BCUT2D eigenvalue weighted by Crippen LogP contribution is 2.25. The molecule has 7 heteroatoms. The van der Waals surface area contributed by atoms with Crippen molar-refractivity contribution in [1.82, 2.24) is 4.90 Å². The molecule has 1 heterocycles. The summed E-state index contributed by atoms with van der Waals surface area (Å²) in [6, 6.07) is 12.6. The van der Waals surface area contributed by atoms with Crippen LogP contribution in [0.1, 0.15) is 23.1 Å². The van der Waals surface area contributed by atoms with E-state index in [9.17, 15) is 18.0 Å². The minimum absolute atomic E-state index is 0.0534. The number of hydrogen-bond donors (Lipinski definition) is 1. The number of nitrogens with one attached hydrogen (secondary N) is 1. The van der Waals surface area contributed by atoms with Crippen molar-refractivity contribution in [3.05, 3.63) is 59.2 Å². The molecule has 2 aromatic rings. The number of amides is 2. The molecule has 1 N–H and O–H groups in total. The second-order valence-electron chi connectivity index (χ2n) is 7.40. The summed E-state index contributed by atoms with van der Waals surface area (Å²) in [5.74, 6) is -0.782. The lowest BCUT2D eigenvalue weighted by atomic mass is 10.1. The van der Waals surface area contributed by atoms with Crippen LogP contribution in [-0.2, 0) is 26.0 Å². The number of nitrogens with zero attached hydrogens (tertiary/aromatic N) is 1. The molecule has 0 bridgehead atoms. The van der Waals surface area contributed by atoms with Gasteiger partial charge in [0.15, 0.2) is 9.84 Å². The Bertz CT molecular complexity index is 1010. The number of sulfone groups is 1. The van der Waals surface area contributed by atoms with Crippen molar-refractivity contribution in [3.63, 3.8) is 0 Å². The first kappa shape index (κ1) is 20.1. The van der Waals surface area contributed by atoms with Gasteiger partial charge in [0.05, 0.1) is 10.8 Å². The zero-order valence-electron chi connectivity index (χ0n) is 16.2. The summed E-state index contributed by atoms with van der Waals surface area (Å²) in [5.41, 5.74) is 3.40. The van der Waals surface area contributed by atoms with Gasteiger partial charge in [-0.1, -0.05) is 35.9 Å². The van der Waals surface area contributed by atoms with E-state index in [0.29, 0.717) is 18.8 Å². The summed E-state index contributed by atoms with van der Waals surface area (Å²) < 4.78 is 23.5. The van der Waals surface area contributed by atoms with E-state index >= 15 is 0 Å². The smallest absolute Gasteiger partial charge is 0.229 e. The molecule has 1 atom stereocenters. The molecule has 0 spiro atoms. The van der Waals surface area contributed by atoms with E-state index in [-0.39, 0.29) is 23.1 Å². The van der Waals surface area contributed by atoms with Crippen molar-refractivity contribution in [2.45, 2.75) is 31.7 Å². The average Bonchev–Trinajstić information content (AvgIpc) is 2.98. The van der Waals surface area contributed by atoms with E-state index in [4.69, 9.17) is 0 Å². The van der Waals surface area contributed by atoms with E-state index in [1.165, 1.54) is 12.1 Å². The molecule has 6 nitrogen and oxygen atoms in total. The SMILES string of the molecule is Cc1ccc(CN2CC(C(=O)Nc3cc(S(C)(=O)=O)ccc3C)CC2=O)cc1. The Labute approximate surface area is 165 Å². The van der Waals surface area contributed by atoms with Crippen LogP contribution in [0, 0.1) is 19.8 Å². The van der Waals surface area contributed by atoms with Crippen LogP contribution in [-0.4, -0.2) is 37.9 Å². The molecule has 1 saturated heterocycles. The van der Waals surface area contributed by atoms with Gasteiger partial charge in [-0.25, -0.2) is 8.42 Å². The highest BCUT2D eigenvalue weighted by molar-refractivity contribution is 7.90. The molecule has 2 amide bonds. The van der Waals surface area contributed by atoms with Gasteiger partial charge in [0.25, 0.3) is 0 Å². The summed E-state index contributed by atoms with van der Waals surface area (Å²) in [7, 11) is -3.37. The van der Waals surface area contributed by atoms with Crippen LogP contribution < -0.4 is 5.32 Å². The number of carbonyl (C=O) groups is 2. The Morgan fingerprint density at radius 2 is 1.82 bits per heavy atom. The molecule has 0 radical (unpaired) electrons. The van der Waals surface area contributed by atoms with E-state index in [2.05, 4.69) is 5.32 Å². The molecule has 0 aliphatic carbocycles. The summed E-state index contributed by atoms with van der Waals surface area (Å²) in [5, 5.41) is 2.79. The van der Waals surface area contributed by atoms with Gasteiger partial charge in [0.2, 0.25) is 11.8 Å². The highest BCUT2D eigenvalue weighted by atomic mass is 32.2. The predicted octanol–water partition coefficient (Wildman–Crippen LogP) is 2.69. The fourth-order valence-corrected chi connectivity index (χ4v) is 3.86. The predicted molar refractivity (Wildman–Crippen MR) is 108 cm³/mol. The van der Waals surface area contributed by atoms with Crippen molar-refractivity contribution in [3.8, 4) is 0 Å². The number of rotatable bonds is 5. The van der Waals surface area contributed by atoms with Gasteiger partial charge in [-0.15, -0.1) is 0 Å². The third-order valence-electron chi connectivity index (χ3n) is 4.97. The number of benzene rings is 2. The number of aryl methyl sites for hydroxylation is 2. The lowest BCUT2D eigenvalue weighted by Gasteiger charge is -2.17. The summed E-state index contributed by atoms with van der Waals surface area (Å²) >= 11 is 0. The van der Waals surface area contributed by atoms with E-state index in [0.717, 1.165) is 22.9 Å². The van der Waals surface area contributed by atoms with Gasteiger partial charge >= 0.3 is 0 Å². The second kappa shape index (κ2) is 7.75. The molecule has 1 unspecified atom stereocenters. The van der Waals surface area contributed by atoms with Crippen molar-refractivity contribution in [2.75, 3.05) is 18.1 Å². The quantitative estimate of drug-likeness (QED) is 0.836. The molecule has 148 valence electrons. The maximum atomic E-state index is 12.7. The second-order valence-corrected chi connectivity index (χ2v) is 9.41. The third kappa shape index (κ3) is 4.59. The Balaban J connectivity index is 1.69. The first-order chi connectivity index (χ1) is 13.1. The van der Waals surface area contributed by atoms with Crippen LogP contribution >= 0.6 is 0 Å². The fraction of sp³-hybridized carbons (Fsp3) is 0.333. The molecular weight excluding hydrogens is 376 g/mol. The number of hydrogen-bond acceptors (Lipinski definition) is 4. The molecule has 0 aromatic heterocycles. The van der Waals surface area contributed by atoms with Crippen LogP contribution in [0.15, 0.2) is 47.4 Å². The van der Waals surface area contributed by atoms with Crippen molar-refractivity contribution >= 4 is 27.3 Å². The van der Waals surface area contributed by atoms with Gasteiger partial charge in [0, 0.05) is 31.5 Å². The van der Waals surface area contributed by atoms with E-state index < -0.39 is 15.8 Å². The third-order valence-corrected chi connectivity index (χ3v) is 6.08. The molecule has 1 fully saturated rings. The van der Waals surface area contributed by atoms with Gasteiger partial charge < -0.3 is 10.2 Å². The molecular formula is C21H24N2O4S. The minimum Gasteiger partial charge on any atom is -0.338 e. The normalized spacial score (nSPS) is 17.0. The standard InChI is InChI=1S/C21H24N2O4S/c1-14-4-7-16(8-5-14)12-23-13-17(10-20(23)24)21(25)22-19-11-18(28(3,26)27)9-6-15(19)2/h4-9,11,17H,10,12-13H2,1-3H3,(H,22,25). The maximum absolute atomic E-state index is 12.7. The van der Waals surface area contributed by atoms with Gasteiger partial charge in [0.1, 0.15) is 0 Å². The van der Waals surface area contributed by atoms with Crippen molar-refractivity contribution < 1.29 is 18.0 Å². The number of carbonyl (C=O) groups excluding carboxylic acids is 2. The van der Waals surface area contributed by atoms with Crippen molar-refractivity contribution in [2.24, 2.45) is 5.92 Å². The lowest BCUT2D eigenvalue weighted by Crippen LogP contribution is -2.28. The Morgan fingerprint density at radius 1 is 1.14 bits per heavy atom. The summed E-state index contributed by atoms with van der Waals surface area (Å²) in [6.07, 6.45) is 1.28. The maximum Gasteiger partial charge on any atom is 0.229 e. The Morgan fingerprint density at radius 3 is 2.46 bits per heavy atom. The first-order valence-electron chi connectivity index (χ1n) is 9.08. The fourth-order valence-electron chi connectivity index (χ4n) is 3.22. The van der Waals surface area contributed by atoms with Gasteiger partial charge in [-0.2, -0.15) is 0 Å². The Kier molecular flexibility index (Phi) is 5.56. The Hall–Kier alpha value is -2.67. The topological polar surface area (TPSA) is 83.6 Å². The molecule has 1 aliphatic heterocycles. The monoisotopic (exact) mass is 400 g/mol. The van der Waals surface area contributed by atoms with Crippen LogP contribution in [0.5, 0.6) is 0 Å². The number of anilines is 1.